The Kier molecular flexibility index (Phi) is 3.91. The highest BCUT2D eigenvalue weighted by molar-refractivity contribution is 5.16. The van der Waals surface area contributed by atoms with Crippen molar-refractivity contribution in [1.29, 1.82) is 0 Å². The van der Waals surface area contributed by atoms with E-state index in [1.165, 1.54) is 0 Å². The van der Waals surface area contributed by atoms with Gasteiger partial charge in [-0.15, -0.1) is 0 Å². The molecule has 0 aromatic heterocycles. The van der Waals surface area contributed by atoms with Crippen LogP contribution in [0.1, 0.15) is 0 Å². The summed E-state index contributed by atoms with van der Waals surface area (Å²) < 4.78 is 110. The maximum atomic E-state index is 12.7. The van der Waals surface area contributed by atoms with Gasteiger partial charge in [-0.1, -0.05) is 0 Å². The molecule has 0 amide bonds. The zero-order chi connectivity index (χ0) is 13.4. The normalized spacial score (nSPS) is 19.1. The molecule has 0 aromatic carbocycles. The van der Waals surface area contributed by atoms with Gasteiger partial charge in [0.25, 0.3) is 0 Å². The maximum Gasteiger partial charge on any atom is 0.455 e. The largest absolute Gasteiger partial charge is 0.455 e. The van der Waals surface area contributed by atoms with Crippen molar-refractivity contribution in [3.05, 3.63) is 11.7 Å². The molecule has 16 heavy (non-hydrogen) atoms. The lowest BCUT2D eigenvalue weighted by molar-refractivity contribution is -0.314. The summed E-state index contributed by atoms with van der Waals surface area (Å²) in [5.41, 5.74) is 0. The van der Waals surface area contributed by atoms with Gasteiger partial charge in [0.1, 0.15) is 0 Å². The highest BCUT2D eigenvalue weighted by Crippen LogP contribution is 2.45. The molecule has 0 saturated carbocycles. The molecule has 0 spiro atoms. The zero-order valence-electron chi connectivity index (χ0n) is 7.31. The van der Waals surface area contributed by atoms with E-state index >= 15 is 0 Å². The highest BCUT2D eigenvalue weighted by atomic mass is 19.4. The van der Waals surface area contributed by atoms with Crippen LogP contribution in [0, 0.1) is 0 Å². The Morgan fingerprint density at radius 1 is 0.812 bits per heavy atom. The summed E-state index contributed by atoms with van der Waals surface area (Å²) in [6.07, 6.45) is -12.3. The Bertz CT molecular complexity index is 287. The summed E-state index contributed by atoms with van der Waals surface area (Å²) in [4.78, 5) is 0. The van der Waals surface area contributed by atoms with Crippen LogP contribution < -0.4 is 0 Å². The Hall–Kier alpha value is -0.930. The molecule has 1 unspecified atom stereocenters. The first-order chi connectivity index (χ1) is 6.88. The minimum atomic E-state index is -6.19. The molecule has 0 N–H and O–H groups in total. The van der Waals surface area contributed by atoms with Crippen LogP contribution in [0.5, 0.6) is 0 Å². The first-order valence-electron chi connectivity index (χ1n) is 3.31. The van der Waals surface area contributed by atoms with E-state index in [2.05, 4.69) is 4.74 Å². The van der Waals surface area contributed by atoms with Crippen LogP contribution in [0.3, 0.4) is 0 Å². The average molecular weight is 262 g/mol. The predicted molar refractivity (Wildman–Crippen MR) is 32.2 cm³/mol. The molecule has 1 atom stereocenters. The SMILES string of the molecule is COC(F)(C(F)=C(F)C(F)(F)F)C(F)(F)F. The second-order valence-electron chi connectivity index (χ2n) is 2.42. The number of allylic oxidation sites excluding steroid dienone is 1. The lowest BCUT2D eigenvalue weighted by Gasteiger charge is -2.24. The van der Waals surface area contributed by atoms with E-state index in [1.807, 2.05) is 0 Å². The van der Waals surface area contributed by atoms with Gasteiger partial charge in [-0.2, -0.15) is 35.1 Å². The van der Waals surface area contributed by atoms with Gasteiger partial charge in [0.15, 0.2) is 0 Å². The number of hydrogen-bond acceptors (Lipinski definition) is 1. The van der Waals surface area contributed by atoms with Gasteiger partial charge in [-0.3, -0.25) is 0 Å². The van der Waals surface area contributed by atoms with Crippen LogP contribution in [0.25, 0.3) is 0 Å². The summed E-state index contributed by atoms with van der Waals surface area (Å²) in [5, 5.41) is 0. The third-order valence-corrected chi connectivity index (χ3v) is 1.37. The molecule has 0 radical (unpaired) electrons. The van der Waals surface area contributed by atoms with Gasteiger partial charge in [-0.05, 0) is 0 Å². The molecule has 0 rings (SSSR count). The molecule has 96 valence electrons. The first kappa shape index (κ1) is 15.1. The Morgan fingerprint density at radius 2 is 1.19 bits per heavy atom. The summed E-state index contributed by atoms with van der Waals surface area (Å²) in [7, 11) is -0.0588. The molecule has 0 aliphatic rings. The fourth-order valence-corrected chi connectivity index (χ4v) is 0.595. The molecule has 0 aliphatic heterocycles. The van der Waals surface area contributed by atoms with E-state index in [0.717, 1.165) is 0 Å². The summed E-state index contributed by atoms with van der Waals surface area (Å²) >= 11 is 0. The monoisotopic (exact) mass is 262 g/mol. The number of halogens is 9. The van der Waals surface area contributed by atoms with E-state index < -0.39 is 29.9 Å². The second-order valence-corrected chi connectivity index (χ2v) is 2.42. The van der Waals surface area contributed by atoms with Gasteiger partial charge in [-0.25, -0.2) is 4.39 Å². The van der Waals surface area contributed by atoms with Crippen molar-refractivity contribution < 1.29 is 44.3 Å². The van der Waals surface area contributed by atoms with Crippen LogP contribution >= 0.6 is 0 Å². The molecule has 0 aliphatic carbocycles. The lowest BCUT2D eigenvalue weighted by Crippen LogP contribution is -2.44. The highest BCUT2D eigenvalue weighted by Gasteiger charge is 2.64. The topological polar surface area (TPSA) is 9.23 Å². The minimum absolute atomic E-state index is 0.0588. The van der Waals surface area contributed by atoms with Crippen LogP contribution in [0.2, 0.25) is 0 Å². The smallest absolute Gasteiger partial charge is 0.337 e. The molecule has 10 heteroatoms. The van der Waals surface area contributed by atoms with Crippen molar-refractivity contribution in [2.45, 2.75) is 18.2 Å². The van der Waals surface area contributed by atoms with Gasteiger partial charge >= 0.3 is 18.2 Å². The van der Waals surface area contributed by atoms with Crippen molar-refractivity contribution in [1.82, 2.24) is 0 Å². The molecule has 0 saturated heterocycles. The maximum absolute atomic E-state index is 12.7. The molecular formula is C6H3F9O. The van der Waals surface area contributed by atoms with Gasteiger partial charge in [0, 0.05) is 7.11 Å². The second kappa shape index (κ2) is 4.15. The van der Waals surface area contributed by atoms with Crippen molar-refractivity contribution in [2.24, 2.45) is 0 Å². The van der Waals surface area contributed by atoms with Crippen LogP contribution in [0.4, 0.5) is 39.5 Å². The van der Waals surface area contributed by atoms with E-state index in [-0.39, 0.29) is 7.11 Å². The van der Waals surface area contributed by atoms with Crippen molar-refractivity contribution in [2.75, 3.05) is 7.11 Å². The van der Waals surface area contributed by atoms with Gasteiger partial charge in [0.05, 0.1) is 0 Å². The van der Waals surface area contributed by atoms with Crippen molar-refractivity contribution >= 4 is 0 Å². The summed E-state index contributed by atoms with van der Waals surface area (Å²) in [6, 6.07) is 0. The number of methoxy groups -OCH3 is 1. The number of ether oxygens (including phenoxy) is 1. The van der Waals surface area contributed by atoms with Crippen LogP contribution in [0.15, 0.2) is 11.7 Å². The predicted octanol–water partition coefficient (Wildman–Crippen LogP) is 3.57. The van der Waals surface area contributed by atoms with E-state index in [9.17, 15) is 39.5 Å². The fourth-order valence-electron chi connectivity index (χ4n) is 0.595. The standard InChI is InChI=1S/C6H3F9O/c1-16-4(9,6(13,14)15)2(7)3(8)5(10,11)12/h1H3. The van der Waals surface area contributed by atoms with Gasteiger partial charge in [0.2, 0.25) is 11.7 Å². The molecule has 1 nitrogen and oxygen atoms in total. The quantitative estimate of drug-likeness (QED) is 0.691. The summed E-state index contributed by atoms with van der Waals surface area (Å²) in [5.74, 6) is -13.0. The van der Waals surface area contributed by atoms with Crippen molar-refractivity contribution in [3.8, 4) is 0 Å². The van der Waals surface area contributed by atoms with Crippen LogP contribution in [-0.2, 0) is 4.74 Å². The third kappa shape index (κ3) is 2.60. The molecular weight excluding hydrogens is 259 g/mol. The number of alkyl halides is 7. The Morgan fingerprint density at radius 3 is 1.38 bits per heavy atom. The fraction of sp³-hybridized carbons (Fsp3) is 0.667. The Balaban J connectivity index is 5.63. The molecule has 0 aromatic rings. The molecule has 0 fully saturated rings. The minimum Gasteiger partial charge on any atom is -0.337 e. The first-order valence-corrected chi connectivity index (χ1v) is 3.31. The van der Waals surface area contributed by atoms with E-state index in [4.69, 9.17) is 0 Å². The third-order valence-electron chi connectivity index (χ3n) is 1.37. The van der Waals surface area contributed by atoms with Crippen molar-refractivity contribution in [3.63, 3.8) is 0 Å². The average Bonchev–Trinajstić information content (AvgIpc) is 2.10. The van der Waals surface area contributed by atoms with E-state index in [1.54, 1.807) is 0 Å². The number of hydrogen-bond donors (Lipinski definition) is 0. The zero-order valence-corrected chi connectivity index (χ0v) is 7.31. The van der Waals surface area contributed by atoms with Gasteiger partial charge < -0.3 is 4.74 Å². The number of rotatable bonds is 2. The lowest BCUT2D eigenvalue weighted by atomic mass is 10.2. The molecule has 0 bridgehead atoms. The van der Waals surface area contributed by atoms with E-state index in [0.29, 0.717) is 0 Å². The van der Waals surface area contributed by atoms with Crippen LogP contribution in [-0.4, -0.2) is 25.3 Å². The Labute approximate surface area is 82.5 Å². The summed E-state index contributed by atoms with van der Waals surface area (Å²) in [6.45, 7) is 0. The molecule has 0 heterocycles.